The van der Waals surface area contributed by atoms with E-state index in [4.69, 9.17) is 10.5 Å². The number of nitrogens with one attached hydrogen (secondary N) is 2. The molecule has 0 aliphatic rings. The van der Waals surface area contributed by atoms with E-state index in [9.17, 15) is 9.59 Å². The molecule has 0 radical (unpaired) electrons. The maximum absolute atomic E-state index is 12.3. The van der Waals surface area contributed by atoms with Crippen LogP contribution in [0, 0.1) is 12.8 Å². The molecule has 0 fully saturated rings. The van der Waals surface area contributed by atoms with Crippen LogP contribution in [-0.2, 0) is 4.79 Å². The number of benzene rings is 1. The van der Waals surface area contributed by atoms with E-state index in [0.29, 0.717) is 34.0 Å². The highest BCUT2D eigenvalue weighted by Gasteiger charge is 2.16. The molecule has 0 spiro atoms. The number of aromatic nitrogens is 1. The Morgan fingerprint density at radius 3 is 2.65 bits per heavy atom. The van der Waals surface area contributed by atoms with Gasteiger partial charge in [-0.15, -0.1) is 11.3 Å². The molecule has 1 atom stereocenters. The van der Waals surface area contributed by atoms with E-state index in [-0.39, 0.29) is 0 Å². The maximum Gasteiger partial charge on any atom is 0.325 e. The lowest BCUT2D eigenvalue weighted by atomic mass is 10.1. The average Bonchev–Trinajstić information content (AvgIpc) is 3.02. The fraction of sp³-hybridized carbons (Fsp3) is 0.389. The summed E-state index contributed by atoms with van der Waals surface area (Å²) in [4.78, 5) is 28.3. The Bertz CT molecular complexity index is 788. The Balaban J connectivity index is 2.05. The predicted octanol–water partition coefficient (Wildman–Crippen LogP) is 3.72. The molecule has 0 aliphatic carbocycles. The van der Waals surface area contributed by atoms with Crippen molar-refractivity contribution in [2.75, 3.05) is 17.2 Å². The molecule has 0 bridgehead atoms. The monoisotopic (exact) mass is 376 g/mol. The summed E-state index contributed by atoms with van der Waals surface area (Å²) in [5.74, 6) is 0.115. The Morgan fingerprint density at radius 2 is 2.00 bits per heavy atom. The van der Waals surface area contributed by atoms with Crippen molar-refractivity contribution in [2.45, 2.75) is 33.6 Å². The summed E-state index contributed by atoms with van der Waals surface area (Å²) in [6, 6.07) is 5.14. The van der Waals surface area contributed by atoms with Gasteiger partial charge in [-0.05, 0) is 37.5 Å². The smallest absolute Gasteiger partial charge is 0.325 e. The van der Waals surface area contributed by atoms with Crippen LogP contribution >= 0.6 is 11.3 Å². The highest BCUT2D eigenvalue weighted by atomic mass is 32.1. The molecule has 1 unspecified atom stereocenters. The third kappa shape index (κ3) is 5.45. The molecule has 2 aromatic rings. The van der Waals surface area contributed by atoms with Gasteiger partial charge in [0.2, 0.25) is 5.91 Å². The topological polar surface area (TPSA) is 106 Å². The Kier molecular flexibility index (Phi) is 6.57. The number of ether oxygens (including phenoxy) is 1. The number of urea groups is 1. The molecule has 0 saturated carbocycles. The molecule has 140 valence electrons. The quantitative estimate of drug-likeness (QED) is 0.684. The van der Waals surface area contributed by atoms with Gasteiger partial charge in [-0.25, -0.2) is 9.78 Å². The molecular weight excluding hydrogens is 352 g/mol. The van der Waals surface area contributed by atoms with Crippen molar-refractivity contribution in [3.8, 4) is 5.75 Å². The van der Waals surface area contributed by atoms with Gasteiger partial charge in [0.1, 0.15) is 5.75 Å². The predicted molar refractivity (Wildman–Crippen MR) is 104 cm³/mol. The molecule has 7 nitrogen and oxygen atoms in total. The van der Waals surface area contributed by atoms with Crippen LogP contribution in [0.15, 0.2) is 24.4 Å². The summed E-state index contributed by atoms with van der Waals surface area (Å²) in [5, 5.41) is 5.82. The Morgan fingerprint density at radius 1 is 1.27 bits per heavy atom. The zero-order chi connectivity index (χ0) is 19.3. The summed E-state index contributed by atoms with van der Waals surface area (Å²) in [7, 11) is 0. The number of nitrogens with zero attached hydrogens (tertiary/aromatic N) is 1. The van der Waals surface area contributed by atoms with E-state index >= 15 is 0 Å². The lowest BCUT2D eigenvalue weighted by Crippen LogP contribution is -2.20. The first-order chi connectivity index (χ1) is 12.3. The third-order valence-electron chi connectivity index (χ3n) is 3.56. The number of carbonyl (C=O) groups excluding carboxylic acids is 2. The van der Waals surface area contributed by atoms with Crippen molar-refractivity contribution in [1.82, 2.24) is 4.98 Å². The number of anilines is 2. The number of amides is 3. The normalized spacial score (nSPS) is 11.9. The number of hydrogen-bond acceptors (Lipinski definition) is 5. The molecule has 2 rings (SSSR count). The first kappa shape index (κ1) is 19.7. The van der Waals surface area contributed by atoms with Crippen LogP contribution in [0.25, 0.3) is 0 Å². The molecule has 0 saturated heterocycles. The van der Waals surface area contributed by atoms with Gasteiger partial charge in [-0.2, -0.15) is 0 Å². The first-order valence-electron chi connectivity index (χ1n) is 8.32. The van der Waals surface area contributed by atoms with Crippen LogP contribution in [0.4, 0.5) is 15.6 Å². The van der Waals surface area contributed by atoms with Crippen molar-refractivity contribution in [3.05, 3.63) is 34.8 Å². The van der Waals surface area contributed by atoms with Crippen LogP contribution in [0.2, 0.25) is 0 Å². The standard InChI is InChI=1S/C18H24N4O3S/c1-10(2)9-25-14-7-11(3)5-6-13(14)21-17(24)22-18-20-8-15(26-18)12(4)16(19)23/h5-8,10,12H,9H2,1-4H3,(H2,19,23)(H2,20,21,22,24). The Hall–Kier alpha value is -2.61. The fourth-order valence-corrected chi connectivity index (χ4v) is 2.91. The highest BCUT2D eigenvalue weighted by molar-refractivity contribution is 7.15. The zero-order valence-corrected chi connectivity index (χ0v) is 16.1. The first-order valence-corrected chi connectivity index (χ1v) is 9.14. The molecule has 4 N–H and O–H groups in total. The molecular formula is C18H24N4O3S. The van der Waals surface area contributed by atoms with Gasteiger partial charge < -0.3 is 15.8 Å². The van der Waals surface area contributed by atoms with Crippen molar-refractivity contribution in [3.63, 3.8) is 0 Å². The van der Waals surface area contributed by atoms with E-state index in [0.717, 1.165) is 5.56 Å². The lowest BCUT2D eigenvalue weighted by molar-refractivity contribution is -0.119. The average molecular weight is 376 g/mol. The summed E-state index contributed by atoms with van der Waals surface area (Å²) in [5.41, 5.74) is 6.91. The van der Waals surface area contributed by atoms with E-state index in [1.54, 1.807) is 19.2 Å². The van der Waals surface area contributed by atoms with Gasteiger partial charge >= 0.3 is 6.03 Å². The summed E-state index contributed by atoms with van der Waals surface area (Å²) >= 11 is 1.21. The third-order valence-corrected chi connectivity index (χ3v) is 4.65. The highest BCUT2D eigenvalue weighted by Crippen LogP contribution is 2.28. The van der Waals surface area contributed by atoms with Gasteiger partial charge in [0, 0.05) is 11.1 Å². The summed E-state index contributed by atoms with van der Waals surface area (Å²) < 4.78 is 5.79. The summed E-state index contributed by atoms with van der Waals surface area (Å²) in [6.45, 7) is 8.33. The van der Waals surface area contributed by atoms with E-state index in [2.05, 4.69) is 29.5 Å². The largest absolute Gasteiger partial charge is 0.491 e. The number of thiazole rings is 1. The number of hydrogen-bond donors (Lipinski definition) is 3. The van der Waals surface area contributed by atoms with Gasteiger partial charge in [-0.3, -0.25) is 10.1 Å². The zero-order valence-electron chi connectivity index (χ0n) is 15.3. The van der Waals surface area contributed by atoms with Gasteiger partial charge in [0.15, 0.2) is 5.13 Å². The minimum Gasteiger partial charge on any atom is -0.491 e. The number of carbonyl (C=O) groups is 2. The molecule has 8 heteroatoms. The van der Waals surface area contributed by atoms with E-state index in [1.165, 1.54) is 11.3 Å². The second-order valence-electron chi connectivity index (χ2n) is 6.48. The molecule has 1 heterocycles. The van der Waals surface area contributed by atoms with Crippen molar-refractivity contribution < 1.29 is 14.3 Å². The number of primary amides is 1. The van der Waals surface area contributed by atoms with Crippen LogP contribution in [0.3, 0.4) is 0 Å². The van der Waals surface area contributed by atoms with E-state index < -0.39 is 17.9 Å². The van der Waals surface area contributed by atoms with Crippen LogP contribution in [-0.4, -0.2) is 23.5 Å². The van der Waals surface area contributed by atoms with Crippen LogP contribution < -0.4 is 21.1 Å². The minimum atomic E-state index is -0.445. The Labute approximate surface area is 157 Å². The summed E-state index contributed by atoms with van der Waals surface area (Å²) in [6.07, 6.45) is 1.54. The lowest BCUT2D eigenvalue weighted by Gasteiger charge is -2.14. The molecule has 1 aromatic carbocycles. The van der Waals surface area contributed by atoms with Gasteiger partial charge in [0.05, 0.1) is 18.2 Å². The fourth-order valence-electron chi connectivity index (χ4n) is 2.04. The molecule has 3 amide bonds. The second kappa shape index (κ2) is 8.66. The SMILES string of the molecule is Cc1ccc(NC(=O)Nc2ncc(C(C)C(N)=O)s2)c(OCC(C)C)c1. The van der Waals surface area contributed by atoms with Crippen molar-refractivity contribution >= 4 is 34.1 Å². The maximum atomic E-state index is 12.3. The van der Waals surface area contributed by atoms with Crippen molar-refractivity contribution in [2.24, 2.45) is 11.7 Å². The van der Waals surface area contributed by atoms with Crippen molar-refractivity contribution in [1.29, 1.82) is 0 Å². The molecule has 1 aromatic heterocycles. The van der Waals surface area contributed by atoms with E-state index in [1.807, 2.05) is 19.1 Å². The number of aryl methyl sites for hydroxylation is 1. The number of nitrogens with two attached hydrogens (primary N) is 1. The second-order valence-corrected chi connectivity index (χ2v) is 7.54. The number of rotatable bonds is 7. The van der Waals surface area contributed by atoms with Crippen LogP contribution in [0.5, 0.6) is 5.75 Å². The van der Waals surface area contributed by atoms with Gasteiger partial charge in [-0.1, -0.05) is 19.9 Å². The molecule has 26 heavy (non-hydrogen) atoms. The molecule has 0 aliphatic heterocycles. The van der Waals surface area contributed by atoms with Gasteiger partial charge in [0.25, 0.3) is 0 Å². The minimum absolute atomic E-state index is 0.373. The van der Waals surface area contributed by atoms with Crippen LogP contribution in [0.1, 0.15) is 37.1 Å².